The molecule has 0 aliphatic rings. The van der Waals surface area contributed by atoms with Crippen molar-refractivity contribution in [2.75, 3.05) is 0 Å². The molecule has 2 heteroatoms. The van der Waals surface area contributed by atoms with Crippen LogP contribution in [0.1, 0.15) is 17.5 Å². The summed E-state index contributed by atoms with van der Waals surface area (Å²) >= 11 is 0. The summed E-state index contributed by atoms with van der Waals surface area (Å²) in [4.78, 5) is 0. The number of aryl methyl sites for hydroxylation is 1. The molecule has 0 radical (unpaired) electrons. The molecule has 0 fully saturated rings. The lowest BCUT2D eigenvalue weighted by Crippen LogP contribution is -2.28. The van der Waals surface area contributed by atoms with Gasteiger partial charge in [0.1, 0.15) is 0 Å². The van der Waals surface area contributed by atoms with Crippen LogP contribution in [0, 0.1) is 0 Å². The van der Waals surface area contributed by atoms with Crippen molar-refractivity contribution in [1.29, 1.82) is 0 Å². The van der Waals surface area contributed by atoms with E-state index in [9.17, 15) is 10.2 Å². The number of hydrogen-bond acceptors (Lipinski definition) is 2. The Balaban J connectivity index is 1.81. The van der Waals surface area contributed by atoms with Crippen molar-refractivity contribution < 1.29 is 10.2 Å². The van der Waals surface area contributed by atoms with E-state index in [-0.39, 0.29) is 0 Å². The van der Waals surface area contributed by atoms with Crippen molar-refractivity contribution >= 4 is 0 Å². The van der Waals surface area contributed by atoms with Crippen molar-refractivity contribution in [3.63, 3.8) is 0 Å². The molecule has 2 nitrogen and oxygen atoms in total. The fourth-order valence-electron chi connectivity index (χ4n) is 2.14. The van der Waals surface area contributed by atoms with Gasteiger partial charge in [0, 0.05) is 6.42 Å². The average Bonchev–Trinajstić information content (AvgIpc) is 2.47. The lowest BCUT2D eigenvalue weighted by Gasteiger charge is -2.17. The van der Waals surface area contributed by atoms with Gasteiger partial charge in [0.15, 0.2) is 0 Å². The number of aliphatic hydroxyl groups is 2. The van der Waals surface area contributed by atoms with Gasteiger partial charge in [-0.3, -0.25) is 0 Å². The minimum Gasteiger partial charge on any atom is -0.390 e. The molecule has 0 aliphatic carbocycles. The van der Waals surface area contributed by atoms with Crippen LogP contribution in [0.4, 0.5) is 0 Å². The molecule has 2 atom stereocenters. The van der Waals surface area contributed by atoms with Gasteiger partial charge >= 0.3 is 0 Å². The summed E-state index contributed by atoms with van der Waals surface area (Å²) in [6, 6.07) is 19.8. The zero-order valence-electron chi connectivity index (χ0n) is 10.9. The van der Waals surface area contributed by atoms with Crippen LogP contribution in [0.2, 0.25) is 0 Å². The summed E-state index contributed by atoms with van der Waals surface area (Å²) in [5.41, 5.74) is 2.24. The van der Waals surface area contributed by atoms with E-state index in [0.717, 1.165) is 12.0 Å². The third-order valence-electron chi connectivity index (χ3n) is 3.30. The van der Waals surface area contributed by atoms with Crippen LogP contribution in [0.25, 0.3) is 0 Å². The molecule has 2 aromatic carbocycles. The Hall–Kier alpha value is -1.64. The Morgan fingerprint density at radius 3 is 1.79 bits per heavy atom. The normalized spacial score (nSPS) is 14.0. The van der Waals surface area contributed by atoms with Gasteiger partial charge in [0.25, 0.3) is 0 Å². The van der Waals surface area contributed by atoms with Crippen LogP contribution in [0.5, 0.6) is 0 Å². The van der Waals surface area contributed by atoms with Crippen molar-refractivity contribution in [2.45, 2.75) is 31.5 Å². The molecule has 19 heavy (non-hydrogen) atoms. The molecule has 2 rings (SSSR count). The molecule has 0 bridgehead atoms. The first-order chi connectivity index (χ1) is 9.25. The van der Waals surface area contributed by atoms with Gasteiger partial charge in [-0.05, 0) is 24.0 Å². The molecule has 2 N–H and O–H groups in total. The van der Waals surface area contributed by atoms with Crippen LogP contribution >= 0.6 is 0 Å². The summed E-state index contributed by atoms with van der Waals surface area (Å²) in [7, 11) is 0. The van der Waals surface area contributed by atoms with Crippen LogP contribution in [-0.4, -0.2) is 22.4 Å². The Labute approximate surface area is 114 Å². The Bertz CT molecular complexity index is 467. The van der Waals surface area contributed by atoms with E-state index in [1.807, 2.05) is 60.7 Å². The van der Waals surface area contributed by atoms with Gasteiger partial charge in [-0.1, -0.05) is 60.7 Å². The topological polar surface area (TPSA) is 40.5 Å². The second-order valence-electron chi connectivity index (χ2n) is 4.85. The molecular formula is C17H20O2. The maximum atomic E-state index is 10.00. The monoisotopic (exact) mass is 256 g/mol. The number of hydrogen-bond donors (Lipinski definition) is 2. The molecule has 0 aliphatic heterocycles. The van der Waals surface area contributed by atoms with Crippen molar-refractivity contribution in [3.05, 3.63) is 71.8 Å². The molecule has 0 saturated heterocycles. The first-order valence-corrected chi connectivity index (χ1v) is 6.69. The predicted molar refractivity (Wildman–Crippen MR) is 76.9 cm³/mol. The van der Waals surface area contributed by atoms with E-state index in [4.69, 9.17) is 0 Å². The molecule has 0 spiro atoms. The van der Waals surface area contributed by atoms with Crippen molar-refractivity contribution in [1.82, 2.24) is 0 Å². The maximum absolute atomic E-state index is 10.00. The van der Waals surface area contributed by atoms with Crippen LogP contribution < -0.4 is 0 Å². The molecule has 0 saturated carbocycles. The van der Waals surface area contributed by atoms with E-state index in [1.165, 1.54) is 5.56 Å². The van der Waals surface area contributed by atoms with Gasteiger partial charge < -0.3 is 10.2 Å². The second-order valence-corrected chi connectivity index (χ2v) is 4.85. The van der Waals surface area contributed by atoms with E-state index in [2.05, 4.69) is 0 Å². The van der Waals surface area contributed by atoms with Crippen LogP contribution in [-0.2, 0) is 12.8 Å². The summed E-state index contributed by atoms with van der Waals surface area (Å²) in [5.74, 6) is 0. The SMILES string of the molecule is O[C@H](CCc1ccccc1)[C@H](O)Cc1ccccc1. The minimum absolute atomic E-state index is 0.497. The quantitative estimate of drug-likeness (QED) is 0.834. The summed E-state index contributed by atoms with van der Waals surface area (Å²) in [6.45, 7) is 0. The lowest BCUT2D eigenvalue weighted by atomic mass is 9.99. The Kier molecular flexibility index (Phi) is 5.13. The molecule has 0 amide bonds. The smallest absolute Gasteiger partial charge is 0.0839 e. The van der Waals surface area contributed by atoms with E-state index < -0.39 is 12.2 Å². The fraction of sp³-hybridized carbons (Fsp3) is 0.294. The molecule has 0 aromatic heterocycles. The number of benzene rings is 2. The largest absolute Gasteiger partial charge is 0.390 e. The summed E-state index contributed by atoms with van der Waals surface area (Å²) in [5, 5.41) is 20.0. The molecular weight excluding hydrogens is 236 g/mol. The average molecular weight is 256 g/mol. The fourth-order valence-corrected chi connectivity index (χ4v) is 2.14. The van der Waals surface area contributed by atoms with Crippen LogP contribution in [0.3, 0.4) is 0 Å². The molecule has 0 heterocycles. The van der Waals surface area contributed by atoms with E-state index >= 15 is 0 Å². The van der Waals surface area contributed by atoms with Gasteiger partial charge in [-0.25, -0.2) is 0 Å². The molecule has 2 aromatic rings. The van der Waals surface area contributed by atoms with Gasteiger partial charge in [-0.2, -0.15) is 0 Å². The third-order valence-corrected chi connectivity index (χ3v) is 3.30. The first kappa shape index (κ1) is 13.8. The zero-order valence-corrected chi connectivity index (χ0v) is 10.9. The highest BCUT2D eigenvalue weighted by molar-refractivity contribution is 5.16. The Morgan fingerprint density at radius 1 is 0.684 bits per heavy atom. The van der Waals surface area contributed by atoms with Crippen LogP contribution in [0.15, 0.2) is 60.7 Å². The second kappa shape index (κ2) is 7.07. The summed E-state index contributed by atoms with van der Waals surface area (Å²) in [6.07, 6.45) is 0.481. The van der Waals surface area contributed by atoms with Crippen molar-refractivity contribution in [3.8, 4) is 0 Å². The number of rotatable bonds is 6. The minimum atomic E-state index is -0.703. The summed E-state index contributed by atoms with van der Waals surface area (Å²) < 4.78 is 0. The number of aliphatic hydroxyl groups excluding tert-OH is 2. The van der Waals surface area contributed by atoms with E-state index in [1.54, 1.807) is 0 Å². The zero-order chi connectivity index (χ0) is 13.5. The van der Waals surface area contributed by atoms with Gasteiger partial charge in [0.05, 0.1) is 12.2 Å². The molecule has 0 unspecified atom stereocenters. The predicted octanol–water partition coefficient (Wildman–Crippen LogP) is 2.58. The maximum Gasteiger partial charge on any atom is 0.0839 e. The lowest BCUT2D eigenvalue weighted by molar-refractivity contribution is 0.0154. The highest BCUT2D eigenvalue weighted by Crippen LogP contribution is 2.11. The molecule has 100 valence electrons. The van der Waals surface area contributed by atoms with Crippen molar-refractivity contribution in [2.24, 2.45) is 0 Å². The van der Waals surface area contributed by atoms with Gasteiger partial charge in [-0.15, -0.1) is 0 Å². The van der Waals surface area contributed by atoms with E-state index in [0.29, 0.717) is 12.8 Å². The first-order valence-electron chi connectivity index (χ1n) is 6.69. The van der Waals surface area contributed by atoms with Gasteiger partial charge in [0.2, 0.25) is 0 Å². The Morgan fingerprint density at radius 2 is 1.21 bits per heavy atom. The highest BCUT2D eigenvalue weighted by Gasteiger charge is 2.16. The standard InChI is InChI=1S/C17H20O2/c18-16(12-11-14-7-3-1-4-8-14)17(19)13-15-9-5-2-6-10-15/h1-10,16-19H,11-13H2/t16-,17-/m1/s1. The highest BCUT2D eigenvalue weighted by atomic mass is 16.3. The third kappa shape index (κ3) is 4.51.